The van der Waals surface area contributed by atoms with E-state index in [1.807, 2.05) is 4.90 Å². The topological polar surface area (TPSA) is 49.9 Å². The van der Waals surface area contributed by atoms with Crippen molar-refractivity contribution in [3.63, 3.8) is 0 Å². The molecule has 0 radical (unpaired) electrons. The molecule has 0 aliphatic carbocycles. The van der Waals surface area contributed by atoms with E-state index < -0.39 is 0 Å². The van der Waals surface area contributed by atoms with Crippen LogP contribution in [0.4, 0.5) is 4.39 Å². The summed E-state index contributed by atoms with van der Waals surface area (Å²) in [5.74, 6) is -0.133. The lowest BCUT2D eigenvalue weighted by atomic mass is 10.0. The SMILES string of the molecule is COC(=O)CCN1CCC(=O)N(Cc2ccc(F)cc2)C(C(C)C)C1. The Morgan fingerprint density at radius 3 is 2.60 bits per heavy atom. The first-order valence-corrected chi connectivity index (χ1v) is 8.73. The van der Waals surface area contributed by atoms with Crippen molar-refractivity contribution in [3.8, 4) is 0 Å². The highest BCUT2D eigenvalue weighted by Crippen LogP contribution is 2.21. The summed E-state index contributed by atoms with van der Waals surface area (Å²) in [6, 6.07) is 6.34. The third kappa shape index (κ3) is 5.53. The van der Waals surface area contributed by atoms with Gasteiger partial charge in [-0.05, 0) is 23.6 Å². The van der Waals surface area contributed by atoms with Gasteiger partial charge in [-0.3, -0.25) is 9.59 Å². The number of nitrogens with zero attached hydrogens (tertiary/aromatic N) is 2. The van der Waals surface area contributed by atoms with Crippen LogP contribution in [0.25, 0.3) is 0 Å². The second-order valence-corrected chi connectivity index (χ2v) is 6.84. The van der Waals surface area contributed by atoms with Gasteiger partial charge in [-0.1, -0.05) is 26.0 Å². The van der Waals surface area contributed by atoms with Gasteiger partial charge in [0.2, 0.25) is 5.91 Å². The first-order chi connectivity index (χ1) is 11.9. The molecule has 25 heavy (non-hydrogen) atoms. The van der Waals surface area contributed by atoms with Gasteiger partial charge in [-0.25, -0.2) is 4.39 Å². The fourth-order valence-electron chi connectivity index (χ4n) is 3.15. The minimum absolute atomic E-state index is 0.0534. The zero-order valence-electron chi connectivity index (χ0n) is 15.2. The molecule has 5 nitrogen and oxygen atoms in total. The summed E-state index contributed by atoms with van der Waals surface area (Å²) in [5, 5.41) is 0. The van der Waals surface area contributed by atoms with Gasteiger partial charge in [-0.15, -0.1) is 0 Å². The molecule has 1 amide bonds. The van der Waals surface area contributed by atoms with Crippen molar-refractivity contribution in [3.05, 3.63) is 35.6 Å². The Labute approximate surface area is 148 Å². The maximum absolute atomic E-state index is 13.1. The van der Waals surface area contributed by atoms with Crippen molar-refractivity contribution < 1.29 is 18.7 Å². The van der Waals surface area contributed by atoms with E-state index in [-0.39, 0.29) is 29.7 Å². The van der Waals surface area contributed by atoms with E-state index in [0.29, 0.717) is 32.5 Å². The average molecular weight is 350 g/mol. The minimum Gasteiger partial charge on any atom is -0.469 e. The molecule has 1 aromatic carbocycles. The monoisotopic (exact) mass is 350 g/mol. The summed E-state index contributed by atoms with van der Waals surface area (Å²) in [4.78, 5) is 28.1. The van der Waals surface area contributed by atoms with Crippen LogP contribution in [-0.4, -0.2) is 54.5 Å². The standard InChI is InChI=1S/C19H27FN2O3/c1-14(2)17-13-21(11-9-19(24)25-3)10-8-18(23)22(17)12-15-4-6-16(20)7-5-15/h4-7,14,17H,8-13H2,1-3H3. The van der Waals surface area contributed by atoms with Crippen LogP contribution in [0.15, 0.2) is 24.3 Å². The van der Waals surface area contributed by atoms with Crippen molar-refractivity contribution in [1.82, 2.24) is 9.80 Å². The minimum atomic E-state index is -0.277. The first-order valence-electron chi connectivity index (χ1n) is 8.73. The number of methoxy groups -OCH3 is 1. The molecule has 1 fully saturated rings. The molecule has 6 heteroatoms. The lowest BCUT2D eigenvalue weighted by molar-refractivity contribution is -0.141. The van der Waals surface area contributed by atoms with E-state index in [4.69, 9.17) is 4.74 Å². The van der Waals surface area contributed by atoms with Crippen molar-refractivity contribution in [2.45, 2.75) is 39.3 Å². The Balaban J connectivity index is 2.10. The molecule has 0 N–H and O–H groups in total. The molecule has 1 atom stereocenters. The smallest absolute Gasteiger partial charge is 0.306 e. The zero-order valence-corrected chi connectivity index (χ0v) is 15.2. The first kappa shape index (κ1) is 19.4. The summed E-state index contributed by atoms with van der Waals surface area (Å²) < 4.78 is 17.8. The number of hydrogen-bond acceptors (Lipinski definition) is 4. The highest BCUT2D eigenvalue weighted by Gasteiger charge is 2.31. The Hall–Kier alpha value is -1.95. The van der Waals surface area contributed by atoms with E-state index in [1.165, 1.54) is 19.2 Å². The molecule has 1 aliphatic rings. The third-order valence-electron chi connectivity index (χ3n) is 4.70. The summed E-state index contributed by atoms with van der Waals surface area (Å²) in [6.07, 6.45) is 0.749. The summed E-state index contributed by atoms with van der Waals surface area (Å²) in [6.45, 7) is 6.62. The molecule has 2 rings (SSSR count). The fourth-order valence-corrected chi connectivity index (χ4v) is 3.15. The number of amides is 1. The van der Waals surface area contributed by atoms with Gasteiger partial charge in [-0.2, -0.15) is 0 Å². The van der Waals surface area contributed by atoms with Gasteiger partial charge in [0.1, 0.15) is 5.82 Å². The molecule has 1 aromatic rings. The van der Waals surface area contributed by atoms with Crippen molar-refractivity contribution in [2.24, 2.45) is 5.92 Å². The Bertz CT molecular complexity index is 589. The molecule has 1 saturated heterocycles. The highest BCUT2D eigenvalue weighted by atomic mass is 19.1. The largest absolute Gasteiger partial charge is 0.469 e. The number of carbonyl (C=O) groups excluding carboxylic acids is 2. The van der Waals surface area contributed by atoms with Gasteiger partial charge in [0.25, 0.3) is 0 Å². The molecule has 1 aliphatic heterocycles. The quantitative estimate of drug-likeness (QED) is 0.740. The third-order valence-corrected chi connectivity index (χ3v) is 4.70. The summed E-state index contributed by atoms with van der Waals surface area (Å²) in [7, 11) is 1.38. The van der Waals surface area contributed by atoms with E-state index in [2.05, 4.69) is 18.7 Å². The van der Waals surface area contributed by atoms with E-state index in [0.717, 1.165) is 12.1 Å². The molecule has 0 aromatic heterocycles. The maximum atomic E-state index is 13.1. The number of hydrogen-bond donors (Lipinski definition) is 0. The lowest BCUT2D eigenvalue weighted by Gasteiger charge is -2.34. The molecular weight excluding hydrogens is 323 g/mol. The molecule has 138 valence electrons. The van der Waals surface area contributed by atoms with E-state index >= 15 is 0 Å². The molecular formula is C19H27FN2O3. The van der Waals surface area contributed by atoms with Crippen LogP contribution in [0.2, 0.25) is 0 Å². The normalized spacial score (nSPS) is 19.2. The van der Waals surface area contributed by atoms with Crippen molar-refractivity contribution in [2.75, 3.05) is 26.7 Å². The number of halogens is 1. The van der Waals surface area contributed by atoms with Crippen LogP contribution >= 0.6 is 0 Å². The van der Waals surface area contributed by atoms with Crippen LogP contribution in [0.5, 0.6) is 0 Å². The van der Waals surface area contributed by atoms with Gasteiger partial charge in [0.05, 0.1) is 13.5 Å². The Kier molecular flexibility index (Phi) is 6.93. The molecule has 1 heterocycles. The van der Waals surface area contributed by atoms with E-state index in [1.54, 1.807) is 12.1 Å². The maximum Gasteiger partial charge on any atom is 0.306 e. The lowest BCUT2D eigenvalue weighted by Crippen LogP contribution is -2.46. The fraction of sp³-hybridized carbons (Fsp3) is 0.579. The van der Waals surface area contributed by atoms with Gasteiger partial charge < -0.3 is 14.5 Å². The van der Waals surface area contributed by atoms with Crippen LogP contribution in [0.1, 0.15) is 32.3 Å². The number of ether oxygens (including phenoxy) is 1. The molecule has 0 spiro atoms. The van der Waals surface area contributed by atoms with E-state index in [9.17, 15) is 14.0 Å². The van der Waals surface area contributed by atoms with Crippen molar-refractivity contribution >= 4 is 11.9 Å². The number of rotatable bonds is 6. The number of carbonyl (C=O) groups is 2. The number of esters is 1. The average Bonchev–Trinajstić information content (AvgIpc) is 2.75. The number of benzene rings is 1. The predicted octanol–water partition coefficient (Wildman–Crippen LogP) is 2.45. The van der Waals surface area contributed by atoms with Crippen LogP contribution in [-0.2, 0) is 20.9 Å². The van der Waals surface area contributed by atoms with Gasteiger partial charge in [0, 0.05) is 38.6 Å². The summed E-state index contributed by atoms with van der Waals surface area (Å²) >= 11 is 0. The Morgan fingerprint density at radius 2 is 2.00 bits per heavy atom. The van der Waals surface area contributed by atoms with Crippen LogP contribution in [0, 0.1) is 11.7 Å². The van der Waals surface area contributed by atoms with Crippen LogP contribution in [0.3, 0.4) is 0 Å². The zero-order chi connectivity index (χ0) is 18.4. The van der Waals surface area contributed by atoms with Gasteiger partial charge in [0.15, 0.2) is 0 Å². The molecule has 0 bridgehead atoms. The highest BCUT2D eigenvalue weighted by molar-refractivity contribution is 5.77. The summed E-state index contributed by atoms with van der Waals surface area (Å²) in [5.41, 5.74) is 0.920. The second-order valence-electron chi connectivity index (χ2n) is 6.84. The molecule has 0 saturated carbocycles. The van der Waals surface area contributed by atoms with Crippen molar-refractivity contribution in [1.29, 1.82) is 0 Å². The van der Waals surface area contributed by atoms with Gasteiger partial charge >= 0.3 is 5.97 Å². The molecule has 1 unspecified atom stereocenters. The Morgan fingerprint density at radius 1 is 1.32 bits per heavy atom. The van der Waals surface area contributed by atoms with Crippen LogP contribution < -0.4 is 0 Å². The second kappa shape index (κ2) is 8.94. The predicted molar refractivity (Wildman–Crippen MR) is 93.3 cm³/mol.